The van der Waals surface area contributed by atoms with Crippen LogP contribution in [0.25, 0.3) is 0 Å². The molecule has 0 aliphatic rings. The molecule has 0 amide bonds. The average Bonchev–Trinajstić information content (AvgIpc) is 2.13. The molecule has 17 heavy (non-hydrogen) atoms. The summed E-state index contributed by atoms with van der Waals surface area (Å²) >= 11 is 0. The Morgan fingerprint density at radius 3 is 1.76 bits per heavy atom. The van der Waals surface area contributed by atoms with Crippen LogP contribution in [0, 0.1) is 0 Å². The van der Waals surface area contributed by atoms with E-state index < -0.39 is 20.0 Å². The predicted octanol–water partition coefficient (Wildman–Crippen LogP) is 2.98. The lowest BCUT2D eigenvalue weighted by atomic mass is 10.0. The van der Waals surface area contributed by atoms with E-state index in [-0.39, 0.29) is 17.6 Å². The number of carbonyl (C=O) groups is 2. The van der Waals surface area contributed by atoms with Gasteiger partial charge in [0.1, 0.15) is 0 Å². The maximum absolute atomic E-state index is 11.0. The van der Waals surface area contributed by atoms with Gasteiger partial charge in [0.15, 0.2) is 0 Å². The van der Waals surface area contributed by atoms with E-state index in [2.05, 4.69) is 19.6 Å². The Morgan fingerprint density at radius 2 is 1.47 bits per heavy atom. The summed E-state index contributed by atoms with van der Waals surface area (Å²) in [6.07, 6.45) is 1.37. The second kappa shape index (κ2) is 6.59. The van der Waals surface area contributed by atoms with Gasteiger partial charge in [-0.1, -0.05) is 39.0 Å². The Hall–Kier alpha value is -1.10. The monoisotopic (exact) mass is 258 g/mol. The topological polar surface area (TPSA) is 74.6 Å². The smallest absolute Gasteiger partial charge is 0.332 e. The highest BCUT2D eigenvalue weighted by atomic mass is 28.3. The van der Waals surface area contributed by atoms with E-state index in [1.807, 2.05) is 0 Å². The molecule has 0 spiro atoms. The van der Waals surface area contributed by atoms with Gasteiger partial charge in [0.25, 0.3) is 0 Å². The van der Waals surface area contributed by atoms with E-state index in [1.165, 1.54) is 0 Å². The number of carboxylic acids is 2. The van der Waals surface area contributed by atoms with E-state index in [0.29, 0.717) is 6.42 Å². The zero-order chi connectivity index (χ0) is 13.6. The number of aliphatic carboxylic acids is 2. The average molecular weight is 258 g/mol. The molecule has 0 saturated carbocycles. The van der Waals surface area contributed by atoms with Crippen LogP contribution < -0.4 is 0 Å². The van der Waals surface area contributed by atoms with Crippen molar-refractivity contribution in [1.82, 2.24) is 0 Å². The van der Waals surface area contributed by atoms with Gasteiger partial charge < -0.3 is 10.2 Å². The van der Waals surface area contributed by atoms with Crippen molar-refractivity contribution in [3.8, 4) is 0 Å². The second-order valence-corrected chi connectivity index (χ2v) is 11.0. The van der Waals surface area contributed by atoms with Gasteiger partial charge in [-0.15, -0.1) is 0 Å². The first-order valence-electron chi connectivity index (χ1n) is 5.87. The van der Waals surface area contributed by atoms with E-state index >= 15 is 0 Å². The standard InChI is InChI=1S/C12H22O4Si/c1-5-9(11(13)14)10(12(15)16)7-6-8-17(2,3)4/h5-8H2,1-4H3,(H,13,14)(H,15,16)/b10-9+. The van der Waals surface area contributed by atoms with Gasteiger partial charge in [0.05, 0.1) is 0 Å². The molecule has 2 N–H and O–H groups in total. The van der Waals surface area contributed by atoms with E-state index in [0.717, 1.165) is 12.5 Å². The molecular weight excluding hydrogens is 236 g/mol. The Labute approximate surface area is 103 Å². The molecule has 0 bridgehead atoms. The summed E-state index contributed by atoms with van der Waals surface area (Å²) in [5, 5.41) is 18.0. The largest absolute Gasteiger partial charge is 0.478 e. The normalized spacial score (nSPS) is 13.2. The summed E-state index contributed by atoms with van der Waals surface area (Å²) in [6, 6.07) is 1.01. The van der Waals surface area contributed by atoms with Crippen molar-refractivity contribution in [2.24, 2.45) is 0 Å². The fourth-order valence-corrected chi connectivity index (χ4v) is 2.91. The number of hydrogen-bond donors (Lipinski definition) is 2. The van der Waals surface area contributed by atoms with Gasteiger partial charge in [-0.25, -0.2) is 9.59 Å². The number of hydrogen-bond acceptors (Lipinski definition) is 2. The van der Waals surface area contributed by atoms with Gasteiger partial charge in [0.2, 0.25) is 0 Å². The summed E-state index contributed by atoms with van der Waals surface area (Å²) in [5.74, 6) is -2.21. The van der Waals surface area contributed by atoms with Crippen molar-refractivity contribution >= 4 is 20.0 Å². The van der Waals surface area contributed by atoms with Crippen LogP contribution in [0.3, 0.4) is 0 Å². The molecule has 0 atom stereocenters. The molecule has 0 aromatic rings. The van der Waals surface area contributed by atoms with Crippen molar-refractivity contribution in [3.63, 3.8) is 0 Å². The molecule has 98 valence electrons. The molecule has 4 nitrogen and oxygen atoms in total. The van der Waals surface area contributed by atoms with Crippen LogP contribution >= 0.6 is 0 Å². The van der Waals surface area contributed by atoms with Crippen LogP contribution in [0.1, 0.15) is 26.2 Å². The minimum absolute atomic E-state index is 0.0353. The maximum atomic E-state index is 11.0. The van der Waals surface area contributed by atoms with Gasteiger partial charge in [0, 0.05) is 19.2 Å². The molecule has 0 aliphatic heterocycles. The second-order valence-electron chi connectivity index (χ2n) is 5.34. The molecule has 0 aromatic carbocycles. The molecule has 5 heteroatoms. The third-order valence-electron chi connectivity index (χ3n) is 2.59. The van der Waals surface area contributed by atoms with Gasteiger partial charge in [-0.3, -0.25) is 0 Å². The molecular formula is C12H22O4Si. The molecule has 0 heterocycles. The van der Waals surface area contributed by atoms with E-state index in [4.69, 9.17) is 10.2 Å². The van der Waals surface area contributed by atoms with Crippen molar-refractivity contribution < 1.29 is 19.8 Å². The predicted molar refractivity (Wildman–Crippen MR) is 70.0 cm³/mol. The number of carboxylic acid groups (broad SMARTS) is 2. The van der Waals surface area contributed by atoms with Gasteiger partial charge >= 0.3 is 11.9 Å². The summed E-state index contributed by atoms with van der Waals surface area (Å²) < 4.78 is 0. The highest BCUT2D eigenvalue weighted by Crippen LogP contribution is 2.20. The summed E-state index contributed by atoms with van der Waals surface area (Å²) in [7, 11) is -1.19. The SMILES string of the molecule is CC/C(C(=O)O)=C(/CCC[Si](C)(C)C)C(=O)O. The lowest BCUT2D eigenvalue weighted by molar-refractivity contribution is -0.136. The van der Waals surface area contributed by atoms with Crippen molar-refractivity contribution in [2.45, 2.75) is 51.9 Å². The summed E-state index contributed by atoms with van der Waals surface area (Å²) in [5.41, 5.74) is 0.103. The van der Waals surface area contributed by atoms with Crippen LogP contribution in [-0.2, 0) is 9.59 Å². The molecule has 0 aliphatic carbocycles. The summed E-state index contributed by atoms with van der Waals surface area (Å²) in [4.78, 5) is 22.0. The third-order valence-corrected chi connectivity index (χ3v) is 4.44. The zero-order valence-corrected chi connectivity index (χ0v) is 12.0. The fraction of sp³-hybridized carbons (Fsp3) is 0.667. The first-order valence-corrected chi connectivity index (χ1v) is 9.58. The van der Waals surface area contributed by atoms with Crippen molar-refractivity contribution in [2.75, 3.05) is 0 Å². The fourth-order valence-electron chi connectivity index (χ4n) is 1.68. The quantitative estimate of drug-likeness (QED) is 0.544. The Balaban J connectivity index is 4.77. The molecule has 0 unspecified atom stereocenters. The van der Waals surface area contributed by atoms with Crippen LogP contribution in [0.4, 0.5) is 0 Å². The highest BCUT2D eigenvalue weighted by Gasteiger charge is 2.20. The van der Waals surface area contributed by atoms with E-state index in [1.54, 1.807) is 6.92 Å². The maximum Gasteiger partial charge on any atom is 0.332 e. The van der Waals surface area contributed by atoms with Crippen molar-refractivity contribution in [3.05, 3.63) is 11.1 Å². The minimum Gasteiger partial charge on any atom is -0.478 e. The highest BCUT2D eigenvalue weighted by molar-refractivity contribution is 6.76. The van der Waals surface area contributed by atoms with Crippen LogP contribution in [0.15, 0.2) is 11.1 Å². The molecule has 0 rings (SSSR count). The molecule has 0 saturated heterocycles. The first-order chi connectivity index (χ1) is 7.69. The summed E-state index contributed by atoms with van der Waals surface area (Å²) in [6.45, 7) is 8.32. The first kappa shape index (κ1) is 15.9. The third kappa shape index (κ3) is 6.26. The van der Waals surface area contributed by atoms with Gasteiger partial charge in [-0.2, -0.15) is 0 Å². The Bertz CT molecular complexity index is 326. The minimum atomic E-state index is -1.19. The molecule has 0 radical (unpaired) electrons. The Morgan fingerprint density at radius 1 is 1.00 bits per heavy atom. The molecule has 0 aromatic heterocycles. The lowest BCUT2D eigenvalue weighted by Crippen LogP contribution is -2.19. The van der Waals surface area contributed by atoms with E-state index in [9.17, 15) is 9.59 Å². The van der Waals surface area contributed by atoms with Crippen LogP contribution in [0.5, 0.6) is 0 Å². The molecule has 0 fully saturated rings. The van der Waals surface area contributed by atoms with Gasteiger partial charge in [-0.05, 0) is 12.8 Å². The lowest BCUT2D eigenvalue weighted by Gasteiger charge is -2.15. The number of rotatable bonds is 7. The van der Waals surface area contributed by atoms with Crippen LogP contribution in [0.2, 0.25) is 25.7 Å². The zero-order valence-electron chi connectivity index (χ0n) is 11.0. The Kier molecular flexibility index (Phi) is 6.16. The van der Waals surface area contributed by atoms with Crippen LogP contribution in [-0.4, -0.2) is 30.2 Å². The van der Waals surface area contributed by atoms with Crippen molar-refractivity contribution in [1.29, 1.82) is 0 Å².